The fourth-order valence-electron chi connectivity index (χ4n) is 4.59. The number of esters is 1. The number of nitrogens with zero attached hydrogens (tertiary/aromatic N) is 1. The molecule has 0 bridgehead atoms. The van der Waals surface area contributed by atoms with E-state index in [0.29, 0.717) is 13.1 Å². The van der Waals surface area contributed by atoms with Crippen molar-refractivity contribution in [2.45, 2.75) is 18.6 Å². The zero-order chi connectivity index (χ0) is 22.6. The molecule has 3 aromatic carbocycles. The molecule has 1 unspecified atom stereocenters. The molecule has 0 spiro atoms. The number of nitrogens with one attached hydrogen (secondary N) is 1. The van der Waals surface area contributed by atoms with Crippen LogP contribution in [0.25, 0.3) is 11.1 Å². The Morgan fingerprint density at radius 3 is 2.18 bits per heavy atom. The van der Waals surface area contributed by atoms with E-state index >= 15 is 0 Å². The van der Waals surface area contributed by atoms with Crippen LogP contribution in [0.4, 0.5) is 4.79 Å². The quantitative estimate of drug-likeness (QED) is 0.606. The van der Waals surface area contributed by atoms with Gasteiger partial charge in [-0.25, -0.2) is 4.79 Å². The van der Waals surface area contributed by atoms with Gasteiger partial charge in [-0.1, -0.05) is 78.9 Å². The van der Waals surface area contributed by atoms with E-state index in [2.05, 4.69) is 29.6 Å². The highest BCUT2D eigenvalue weighted by atomic mass is 16.6. The van der Waals surface area contributed by atoms with Crippen LogP contribution < -0.4 is 5.32 Å². The summed E-state index contributed by atoms with van der Waals surface area (Å²) in [6, 6.07) is 25.5. The van der Waals surface area contributed by atoms with Crippen LogP contribution in [0.2, 0.25) is 0 Å². The Balaban J connectivity index is 1.19. The highest BCUT2D eigenvalue weighted by Gasteiger charge is 2.32. The Kier molecular flexibility index (Phi) is 6.09. The summed E-state index contributed by atoms with van der Waals surface area (Å²) < 4.78 is 11.2. The number of hydrogen-bond acceptors (Lipinski definition) is 5. The standard InChI is InChI=1S/C27H26N2O4/c30-26(32-17-19-8-2-1-3-9-19)25-16-29(15-14-28-25)27(31)33-18-24-22-12-6-4-10-20(22)21-11-5-7-13-23(21)24/h1-13,24-25,28H,14-18H2. The Labute approximate surface area is 193 Å². The van der Waals surface area contributed by atoms with Crippen molar-refractivity contribution in [1.82, 2.24) is 10.2 Å². The van der Waals surface area contributed by atoms with Gasteiger partial charge in [0.15, 0.2) is 0 Å². The molecule has 3 aromatic rings. The lowest BCUT2D eigenvalue weighted by atomic mass is 9.98. The molecule has 1 amide bonds. The number of rotatable bonds is 5. The summed E-state index contributed by atoms with van der Waals surface area (Å²) in [7, 11) is 0. The van der Waals surface area contributed by atoms with E-state index in [1.807, 2.05) is 54.6 Å². The normalized spacial score (nSPS) is 17.2. The van der Waals surface area contributed by atoms with E-state index < -0.39 is 12.1 Å². The number of hydrogen-bond donors (Lipinski definition) is 1. The van der Waals surface area contributed by atoms with Crippen LogP contribution in [0.5, 0.6) is 0 Å². The van der Waals surface area contributed by atoms with Gasteiger partial charge >= 0.3 is 12.1 Å². The molecule has 1 aliphatic heterocycles. The first-order valence-corrected chi connectivity index (χ1v) is 11.2. The van der Waals surface area contributed by atoms with Crippen molar-refractivity contribution >= 4 is 12.1 Å². The number of ether oxygens (including phenoxy) is 2. The Morgan fingerprint density at radius 1 is 0.848 bits per heavy atom. The summed E-state index contributed by atoms with van der Waals surface area (Å²) in [5, 5.41) is 3.14. The molecular weight excluding hydrogens is 416 g/mol. The molecule has 6 heteroatoms. The van der Waals surface area contributed by atoms with E-state index in [0.717, 1.165) is 5.56 Å². The molecular formula is C27H26N2O4. The summed E-state index contributed by atoms with van der Waals surface area (Å²) >= 11 is 0. The third-order valence-electron chi connectivity index (χ3n) is 6.28. The van der Waals surface area contributed by atoms with E-state index in [4.69, 9.17) is 9.47 Å². The first kappa shape index (κ1) is 21.2. The SMILES string of the molecule is O=C(OCc1ccccc1)C1CN(C(=O)OCC2c3ccccc3-c3ccccc32)CCN1. The molecule has 0 radical (unpaired) electrons. The lowest BCUT2D eigenvalue weighted by Crippen LogP contribution is -2.56. The molecule has 1 saturated heterocycles. The zero-order valence-electron chi connectivity index (χ0n) is 18.3. The smallest absolute Gasteiger partial charge is 0.409 e. The molecule has 1 aliphatic carbocycles. The van der Waals surface area contributed by atoms with E-state index in [1.165, 1.54) is 22.3 Å². The number of amides is 1. The molecule has 33 heavy (non-hydrogen) atoms. The van der Waals surface area contributed by atoms with E-state index in [1.54, 1.807) is 4.90 Å². The maximum absolute atomic E-state index is 12.9. The minimum absolute atomic E-state index is 0.0101. The van der Waals surface area contributed by atoms with Crippen LogP contribution in [0.3, 0.4) is 0 Å². The Bertz CT molecular complexity index is 1100. The Morgan fingerprint density at radius 2 is 1.48 bits per heavy atom. The summed E-state index contributed by atoms with van der Waals surface area (Å²) in [6.45, 7) is 1.70. The fraction of sp³-hybridized carbons (Fsp3) is 0.259. The predicted molar refractivity (Wildman–Crippen MR) is 125 cm³/mol. The first-order valence-electron chi connectivity index (χ1n) is 11.2. The molecule has 1 N–H and O–H groups in total. The predicted octanol–water partition coefficient (Wildman–Crippen LogP) is 3.95. The molecule has 0 aromatic heterocycles. The molecule has 0 saturated carbocycles. The third kappa shape index (κ3) is 4.47. The van der Waals surface area contributed by atoms with Crippen LogP contribution in [-0.2, 0) is 20.9 Å². The molecule has 2 aliphatic rings. The van der Waals surface area contributed by atoms with Crippen molar-refractivity contribution in [3.8, 4) is 11.1 Å². The summed E-state index contributed by atoms with van der Waals surface area (Å²) in [5.74, 6) is -0.356. The monoisotopic (exact) mass is 442 g/mol. The maximum atomic E-state index is 12.9. The van der Waals surface area contributed by atoms with E-state index in [9.17, 15) is 9.59 Å². The van der Waals surface area contributed by atoms with Gasteiger partial charge in [0.25, 0.3) is 0 Å². The van der Waals surface area contributed by atoms with Gasteiger partial charge in [0.2, 0.25) is 0 Å². The van der Waals surface area contributed by atoms with Crippen molar-refractivity contribution in [2.24, 2.45) is 0 Å². The second kappa shape index (κ2) is 9.46. The molecule has 1 atom stereocenters. The first-order chi connectivity index (χ1) is 16.2. The molecule has 6 nitrogen and oxygen atoms in total. The average Bonchev–Trinajstić information content (AvgIpc) is 3.20. The van der Waals surface area contributed by atoms with Crippen LogP contribution >= 0.6 is 0 Å². The lowest BCUT2D eigenvalue weighted by molar-refractivity contribution is -0.148. The zero-order valence-corrected chi connectivity index (χ0v) is 18.3. The van der Waals surface area contributed by atoms with E-state index in [-0.39, 0.29) is 31.6 Å². The van der Waals surface area contributed by atoms with Crippen LogP contribution in [0, 0.1) is 0 Å². The van der Waals surface area contributed by atoms with Gasteiger partial charge in [0, 0.05) is 19.0 Å². The fourth-order valence-corrected chi connectivity index (χ4v) is 4.59. The number of carbonyl (C=O) groups is 2. The highest BCUT2D eigenvalue weighted by molar-refractivity contribution is 5.79. The molecule has 5 rings (SSSR count). The third-order valence-corrected chi connectivity index (χ3v) is 6.28. The number of piperazine rings is 1. The summed E-state index contributed by atoms with van der Waals surface area (Å²) in [6.07, 6.45) is -0.403. The molecule has 1 fully saturated rings. The topological polar surface area (TPSA) is 67.9 Å². The largest absolute Gasteiger partial charge is 0.460 e. The van der Waals surface area contributed by atoms with Crippen molar-refractivity contribution < 1.29 is 19.1 Å². The second-order valence-electron chi connectivity index (χ2n) is 8.35. The van der Waals surface area contributed by atoms with Crippen molar-refractivity contribution in [3.63, 3.8) is 0 Å². The van der Waals surface area contributed by atoms with Gasteiger partial charge in [-0.2, -0.15) is 0 Å². The van der Waals surface area contributed by atoms with Gasteiger partial charge in [0.1, 0.15) is 19.3 Å². The minimum Gasteiger partial charge on any atom is -0.460 e. The maximum Gasteiger partial charge on any atom is 0.409 e. The number of benzene rings is 3. The molecule has 1 heterocycles. The van der Waals surface area contributed by atoms with Gasteiger partial charge < -0.3 is 19.7 Å². The molecule has 168 valence electrons. The van der Waals surface area contributed by atoms with Gasteiger partial charge in [0.05, 0.1) is 6.54 Å². The second-order valence-corrected chi connectivity index (χ2v) is 8.35. The number of fused-ring (bicyclic) bond motifs is 3. The average molecular weight is 443 g/mol. The summed E-state index contributed by atoms with van der Waals surface area (Å²) in [5.41, 5.74) is 5.66. The van der Waals surface area contributed by atoms with Crippen LogP contribution in [0.1, 0.15) is 22.6 Å². The van der Waals surface area contributed by atoms with Crippen LogP contribution in [0.15, 0.2) is 78.9 Å². The lowest BCUT2D eigenvalue weighted by Gasteiger charge is -2.32. The van der Waals surface area contributed by atoms with Crippen LogP contribution in [-0.4, -0.2) is 49.2 Å². The highest BCUT2D eigenvalue weighted by Crippen LogP contribution is 2.44. The van der Waals surface area contributed by atoms with Crippen molar-refractivity contribution in [2.75, 3.05) is 26.2 Å². The number of carbonyl (C=O) groups excluding carboxylic acids is 2. The van der Waals surface area contributed by atoms with Gasteiger partial charge in [-0.15, -0.1) is 0 Å². The van der Waals surface area contributed by atoms with Crippen molar-refractivity contribution in [3.05, 3.63) is 95.6 Å². The van der Waals surface area contributed by atoms with Crippen molar-refractivity contribution in [1.29, 1.82) is 0 Å². The van der Waals surface area contributed by atoms with Gasteiger partial charge in [-0.3, -0.25) is 4.79 Å². The summed E-state index contributed by atoms with van der Waals surface area (Å²) in [4.78, 5) is 26.9. The minimum atomic E-state index is -0.567. The van der Waals surface area contributed by atoms with Gasteiger partial charge in [-0.05, 0) is 27.8 Å². The Hall–Kier alpha value is -3.64.